The Morgan fingerprint density at radius 2 is 1.87 bits per heavy atom. The molecule has 0 aromatic heterocycles. The van der Waals surface area contributed by atoms with Gasteiger partial charge in [0.1, 0.15) is 11.9 Å². The van der Waals surface area contributed by atoms with Gasteiger partial charge < -0.3 is 19.0 Å². The van der Waals surface area contributed by atoms with E-state index in [1.54, 1.807) is 0 Å². The van der Waals surface area contributed by atoms with E-state index < -0.39 is 19.9 Å². The van der Waals surface area contributed by atoms with Crippen LogP contribution in [0.3, 0.4) is 0 Å². The van der Waals surface area contributed by atoms with Gasteiger partial charge in [-0.05, 0) is 64.2 Å². The van der Waals surface area contributed by atoms with Crippen molar-refractivity contribution in [1.82, 2.24) is 0 Å². The van der Waals surface area contributed by atoms with E-state index in [2.05, 4.69) is 19.6 Å². The van der Waals surface area contributed by atoms with Crippen LogP contribution in [-0.2, 0) is 18.7 Å². The largest absolute Gasteiger partial charge is 0.489 e. The van der Waals surface area contributed by atoms with Crippen LogP contribution >= 0.6 is 0 Å². The molecule has 23 heavy (non-hydrogen) atoms. The minimum absolute atomic E-state index is 0.0418. The molecule has 1 fully saturated rings. The molecule has 0 aromatic rings. The first-order valence-corrected chi connectivity index (χ1v) is 12.0. The SMILES string of the molecule is COC(=O)[C@]1(O)CCCC=C1O[C@H]1CCCC[C@@H]1O[Si](C)(C)C. The quantitative estimate of drug-likeness (QED) is 0.614. The number of hydrogen-bond donors (Lipinski definition) is 1. The Bertz CT molecular complexity index is 456. The topological polar surface area (TPSA) is 65.0 Å². The van der Waals surface area contributed by atoms with Crippen molar-refractivity contribution in [3.05, 3.63) is 11.8 Å². The van der Waals surface area contributed by atoms with E-state index in [9.17, 15) is 9.90 Å². The summed E-state index contributed by atoms with van der Waals surface area (Å²) < 4.78 is 17.2. The highest BCUT2D eigenvalue weighted by Crippen LogP contribution is 2.35. The highest BCUT2D eigenvalue weighted by Gasteiger charge is 2.46. The predicted molar refractivity (Wildman–Crippen MR) is 90.5 cm³/mol. The second kappa shape index (κ2) is 7.36. The first-order chi connectivity index (χ1) is 10.8. The Balaban J connectivity index is 2.13. The molecule has 2 aliphatic carbocycles. The summed E-state index contributed by atoms with van der Waals surface area (Å²) in [6.07, 6.45) is 7.76. The third-order valence-electron chi connectivity index (χ3n) is 4.43. The molecule has 0 saturated heterocycles. The highest BCUT2D eigenvalue weighted by atomic mass is 28.4. The van der Waals surface area contributed by atoms with Crippen molar-refractivity contribution in [2.24, 2.45) is 0 Å². The van der Waals surface area contributed by atoms with Gasteiger partial charge in [-0.1, -0.05) is 6.42 Å². The summed E-state index contributed by atoms with van der Waals surface area (Å²) in [7, 11) is -0.374. The Kier molecular flexibility index (Phi) is 5.92. The van der Waals surface area contributed by atoms with Gasteiger partial charge in [-0.3, -0.25) is 0 Å². The van der Waals surface area contributed by atoms with E-state index in [4.69, 9.17) is 13.9 Å². The van der Waals surface area contributed by atoms with Gasteiger partial charge in [0.25, 0.3) is 0 Å². The molecule has 5 nitrogen and oxygen atoms in total. The monoisotopic (exact) mass is 342 g/mol. The van der Waals surface area contributed by atoms with Crippen molar-refractivity contribution >= 4 is 14.3 Å². The number of allylic oxidation sites excluding steroid dienone is 1. The fourth-order valence-corrected chi connectivity index (χ4v) is 4.53. The zero-order valence-electron chi connectivity index (χ0n) is 14.8. The van der Waals surface area contributed by atoms with Crippen LogP contribution in [0.5, 0.6) is 0 Å². The molecule has 0 spiro atoms. The molecule has 2 rings (SSSR count). The lowest BCUT2D eigenvalue weighted by Gasteiger charge is -2.39. The highest BCUT2D eigenvalue weighted by molar-refractivity contribution is 6.69. The van der Waals surface area contributed by atoms with Gasteiger partial charge in [0.2, 0.25) is 5.60 Å². The van der Waals surface area contributed by atoms with Gasteiger partial charge >= 0.3 is 5.97 Å². The van der Waals surface area contributed by atoms with E-state index in [1.807, 2.05) is 6.08 Å². The molecule has 132 valence electrons. The lowest BCUT2D eigenvalue weighted by atomic mass is 9.88. The van der Waals surface area contributed by atoms with Crippen LogP contribution in [-0.4, -0.2) is 44.3 Å². The predicted octanol–water partition coefficient (Wildman–Crippen LogP) is 3.14. The number of rotatable bonds is 5. The van der Waals surface area contributed by atoms with Gasteiger partial charge in [-0.15, -0.1) is 0 Å². The van der Waals surface area contributed by atoms with Crippen LogP contribution in [0.25, 0.3) is 0 Å². The lowest BCUT2D eigenvalue weighted by Crippen LogP contribution is -2.48. The minimum atomic E-state index is -1.67. The first kappa shape index (κ1) is 18.5. The van der Waals surface area contributed by atoms with Crippen molar-refractivity contribution in [1.29, 1.82) is 0 Å². The Hall–Kier alpha value is -0.853. The maximum Gasteiger partial charge on any atom is 0.345 e. The van der Waals surface area contributed by atoms with Crippen LogP contribution in [0, 0.1) is 0 Å². The molecule has 0 aliphatic heterocycles. The number of carbonyl (C=O) groups is 1. The number of ether oxygens (including phenoxy) is 2. The van der Waals surface area contributed by atoms with Gasteiger partial charge in [0, 0.05) is 0 Å². The average molecular weight is 343 g/mol. The Morgan fingerprint density at radius 1 is 1.22 bits per heavy atom. The first-order valence-electron chi connectivity index (χ1n) is 8.62. The molecular formula is C17H30O5Si. The number of esters is 1. The van der Waals surface area contributed by atoms with Gasteiger partial charge in [0.05, 0.1) is 13.2 Å². The van der Waals surface area contributed by atoms with Gasteiger partial charge in [0.15, 0.2) is 8.32 Å². The number of aliphatic hydroxyl groups is 1. The van der Waals surface area contributed by atoms with Crippen LogP contribution in [0.1, 0.15) is 44.9 Å². The summed E-state index contributed by atoms with van der Waals surface area (Å²) in [5.74, 6) is -0.284. The maximum absolute atomic E-state index is 12.0. The second-order valence-corrected chi connectivity index (χ2v) is 12.0. The van der Waals surface area contributed by atoms with E-state index in [0.717, 1.165) is 38.5 Å². The molecule has 3 atom stereocenters. The summed E-state index contributed by atoms with van der Waals surface area (Å²) in [5.41, 5.74) is -1.64. The smallest absolute Gasteiger partial charge is 0.345 e. The fraction of sp³-hybridized carbons (Fsp3) is 0.824. The lowest BCUT2D eigenvalue weighted by molar-refractivity contribution is -0.166. The van der Waals surface area contributed by atoms with Crippen molar-refractivity contribution < 1.29 is 23.8 Å². The zero-order valence-corrected chi connectivity index (χ0v) is 15.8. The number of carbonyl (C=O) groups excluding carboxylic acids is 1. The molecule has 6 heteroatoms. The molecule has 0 unspecified atom stereocenters. The summed E-state index contributed by atoms with van der Waals surface area (Å²) in [6.45, 7) is 6.51. The second-order valence-electron chi connectivity index (χ2n) is 7.52. The molecule has 0 amide bonds. The molecule has 1 saturated carbocycles. The molecule has 1 N–H and O–H groups in total. The van der Waals surface area contributed by atoms with Gasteiger partial charge in [-0.2, -0.15) is 0 Å². The average Bonchev–Trinajstić information content (AvgIpc) is 2.49. The molecular weight excluding hydrogens is 312 g/mol. The zero-order chi connectivity index (χ0) is 17.1. The standard InChI is InChI=1S/C17H30O5Si/c1-20-16(18)17(19)12-8-7-11-15(17)21-13-9-5-6-10-14(13)22-23(2,3)4/h11,13-14,19H,5-10,12H2,1-4H3/t13-,14-,17-/m0/s1. The van der Waals surface area contributed by atoms with Crippen molar-refractivity contribution in [3.8, 4) is 0 Å². The van der Waals surface area contributed by atoms with E-state index in [0.29, 0.717) is 12.2 Å². The van der Waals surface area contributed by atoms with Crippen LogP contribution < -0.4 is 0 Å². The van der Waals surface area contributed by atoms with E-state index in [-0.39, 0.29) is 12.2 Å². The maximum atomic E-state index is 12.0. The normalized spacial score (nSPS) is 32.1. The molecule has 0 bridgehead atoms. The summed E-state index contributed by atoms with van der Waals surface area (Å²) >= 11 is 0. The van der Waals surface area contributed by atoms with Crippen molar-refractivity contribution in [2.45, 2.75) is 82.4 Å². The summed E-state index contributed by atoms with van der Waals surface area (Å²) in [5, 5.41) is 10.7. The number of hydrogen-bond acceptors (Lipinski definition) is 5. The third kappa shape index (κ3) is 4.58. The van der Waals surface area contributed by atoms with Crippen LogP contribution in [0.4, 0.5) is 0 Å². The fourth-order valence-electron chi connectivity index (χ4n) is 3.35. The van der Waals surface area contributed by atoms with Crippen LogP contribution in [0.2, 0.25) is 19.6 Å². The minimum Gasteiger partial charge on any atom is -0.489 e. The molecule has 0 heterocycles. The summed E-state index contributed by atoms with van der Waals surface area (Å²) in [4.78, 5) is 12.0. The molecule has 0 aromatic carbocycles. The number of methoxy groups -OCH3 is 1. The summed E-state index contributed by atoms with van der Waals surface area (Å²) in [6, 6.07) is 0. The van der Waals surface area contributed by atoms with Crippen LogP contribution in [0.15, 0.2) is 11.8 Å². The Labute approximate surface area is 140 Å². The van der Waals surface area contributed by atoms with E-state index in [1.165, 1.54) is 7.11 Å². The molecule has 2 aliphatic rings. The van der Waals surface area contributed by atoms with Crippen molar-refractivity contribution in [2.75, 3.05) is 7.11 Å². The molecule has 0 radical (unpaired) electrons. The Morgan fingerprint density at radius 3 is 2.48 bits per heavy atom. The van der Waals surface area contributed by atoms with E-state index >= 15 is 0 Å². The van der Waals surface area contributed by atoms with Crippen molar-refractivity contribution in [3.63, 3.8) is 0 Å². The van der Waals surface area contributed by atoms with Gasteiger partial charge in [-0.25, -0.2) is 4.79 Å². The third-order valence-corrected chi connectivity index (χ3v) is 5.44.